The van der Waals surface area contributed by atoms with Crippen LogP contribution in [0.5, 0.6) is 0 Å². The van der Waals surface area contributed by atoms with Gasteiger partial charge >= 0.3 is 5.76 Å². The second kappa shape index (κ2) is 10.1. The third-order valence-electron chi connectivity index (χ3n) is 4.30. The highest BCUT2D eigenvalue weighted by Gasteiger charge is 2.28. The molecule has 1 aliphatic heterocycles. The summed E-state index contributed by atoms with van der Waals surface area (Å²) in [5.74, 6) is -0.548. The zero-order valence-corrected chi connectivity index (χ0v) is 17.2. The van der Waals surface area contributed by atoms with Crippen LogP contribution in [-0.2, 0) is 16.1 Å². The molecule has 1 saturated heterocycles. The molecule has 2 atom stereocenters. The van der Waals surface area contributed by atoms with Gasteiger partial charge in [-0.3, -0.25) is 9.36 Å². The Balaban J connectivity index is 0.00000182. The molecule has 8 nitrogen and oxygen atoms in total. The maximum Gasteiger partial charge on any atom is 0.419 e. The van der Waals surface area contributed by atoms with E-state index in [4.69, 9.17) is 9.15 Å². The van der Waals surface area contributed by atoms with Gasteiger partial charge in [0, 0.05) is 25.3 Å². The number of oxazole rings is 1. The highest BCUT2D eigenvalue weighted by molar-refractivity contribution is 5.96. The molecule has 1 amide bonds. The van der Waals surface area contributed by atoms with Crippen molar-refractivity contribution in [2.75, 3.05) is 39.1 Å². The van der Waals surface area contributed by atoms with E-state index in [1.54, 1.807) is 22.8 Å². The number of amides is 1. The van der Waals surface area contributed by atoms with E-state index < -0.39 is 11.8 Å². The zero-order chi connectivity index (χ0) is 18.0. The number of aromatic nitrogens is 1. The molecular weight excluding hydrogens is 395 g/mol. The van der Waals surface area contributed by atoms with Crippen LogP contribution < -0.4 is 16.4 Å². The summed E-state index contributed by atoms with van der Waals surface area (Å²) in [7, 11) is 3.89. The van der Waals surface area contributed by atoms with Gasteiger partial charge in [-0.05, 0) is 39.2 Å². The lowest BCUT2D eigenvalue weighted by Crippen LogP contribution is -2.53. The molecule has 0 radical (unpaired) electrons. The van der Waals surface area contributed by atoms with Crippen molar-refractivity contribution in [3.63, 3.8) is 0 Å². The number of hydrogen-bond donors (Lipinski definition) is 2. The van der Waals surface area contributed by atoms with Gasteiger partial charge in [-0.2, -0.15) is 0 Å². The number of fused-ring (bicyclic) bond motifs is 1. The van der Waals surface area contributed by atoms with Gasteiger partial charge in [0.05, 0.1) is 18.2 Å². The van der Waals surface area contributed by atoms with Crippen LogP contribution >= 0.6 is 24.8 Å². The summed E-state index contributed by atoms with van der Waals surface area (Å²) in [6.45, 7) is 4.35. The van der Waals surface area contributed by atoms with Gasteiger partial charge in [0.2, 0.25) is 5.91 Å². The van der Waals surface area contributed by atoms with E-state index in [2.05, 4.69) is 10.6 Å². The van der Waals surface area contributed by atoms with E-state index in [0.717, 1.165) is 0 Å². The van der Waals surface area contributed by atoms with Crippen molar-refractivity contribution in [3.8, 4) is 0 Å². The molecule has 2 N–H and O–H groups in total. The van der Waals surface area contributed by atoms with Gasteiger partial charge in [0.1, 0.15) is 6.04 Å². The molecule has 1 aromatic heterocycles. The predicted molar refractivity (Wildman–Crippen MR) is 109 cm³/mol. The number of halogens is 2. The molecule has 0 bridgehead atoms. The first-order chi connectivity index (χ1) is 12.0. The maximum absolute atomic E-state index is 12.5. The van der Waals surface area contributed by atoms with E-state index in [9.17, 15) is 9.59 Å². The summed E-state index contributed by atoms with van der Waals surface area (Å²) in [5.41, 5.74) is 1.80. The number of rotatable bonds is 5. The minimum absolute atomic E-state index is 0. The van der Waals surface area contributed by atoms with Crippen LogP contribution in [0.25, 0.3) is 11.1 Å². The molecule has 152 valence electrons. The van der Waals surface area contributed by atoms with Crippen LogP contribution in [-0.4, -0.2) is 61.3 Å². The molecule has 3 rings (SSSR count). The lowest BCUT2D eigenvalue weighted by atomic mass is 10.1. The second-order valence-corrected chi connectivity index (χ2v) is 6.50. The summed E-state index contributed by atoms with van der Waals surface area (Å²) < 4.78 is 12.4. The first-order valence-corrected chi connectivity index (χ1v) is 8.39. The van der Waals surface area contributed by atoms with Gasteiger partial charge in [0.25, 0.3) is 0 Å². The molecule has 0 saturated carbocycles. The summed E-state index contributed by atoms with van der Waals surface area (Å²) in [4.78, 5) is 26.5. The number of benzene rings is 1. The van der Waals surface area contributed by atoms with Crippen molar-refractivity contribution in [2.24, 2.45) is 0 Å². The van der Waals surface area contributed by atoms with E-state index in [0.29, 0.717) is 43.0 Å². The minimum Gasteiger partial charge on any atom is -0.408 e. The van der Waals surface area contributed by atoms with E-state index in [1.807, 2.05) is 25.9 Å². The Labute approximate surface area is 170 Å². The largest absolute Gasteiger partial charge is 0.419 e. The average Bonchev–Trinajstić information content (AvgIpc) is 2.88. The normalized spacial score (nSPS) is 19.4. The summed E-state index contributed by atoms with van der Waals surface area (Å²) in [5, 5.41) is 6.04. The summed E-state index contributed by atoms with van der Waals surface area (Å²) in [6.07, 6.45) is -0.190. The lowest BCUT2D eigenvalue weighted by Gasteiger charge is -2.29. The highest BCUT2D eigenvalue weighted by Crippen LogP contribution is 2.19. The van der Waals surface area contributed by atoms with E-state index in [1.165, 1.54) is 0 Å². The number of carbonyl (C=O) groups is 1. The van der Waals surface area contributed by atoms with Gasteiger partial charge in [0.15, 0.2) is 5.58 Å². The third-order valence-corrected chi connectivity index (χ3v) is 4.30. The van der Waals surface area contributed by atoms with E-state index >= 15 is 0 Å². The number of nitrogens with one attached hydrogen (secondary N) is 2. The number of hydrogen-bond acceptors (Lipinski definition) is 6. The predicted octanol–water partition coefficient (Wildman–Crippen LogP) is 1.32. The number of carbonyl (C=O) groups excluding carboxylic acids is 1. The number of likely N-dealkylation sites (N-methyl/N-ethyl adjacent to an activating group) is 1. The first kappa shape index (κ1) is 23.5. The maximum atomic E-state index is 12.5. The molecule has 2 aromatic rings. The molecule has 2 heterocycles. The quantitative estimate of drug-likeness (QED) is 0.757. The molecule has 1 aliphatic rings. The fourth-order valence-electron chi connectivity index (χ4n) is 2.90. The SMILES string of the molecule is C[C@H]1OCCN[C@@H]1C(=O)Nc1ccc2oc(=O)n(CCN(C)C)c2c1.Cl.Cl. The highest BCUT2D eigenvalue weighted by atomic mass is 35.5. The standard InChI is InChI=1S/C17H24N4O4.2ClH/c1-11-15(18-6-9-24-11)16(22)19-12-4-5-14-13(10-12)21(17(23)25-14)8-7-20(2)3;;/h4-5,10-11,15,18H,6-9H2,1-3H3,(H,19,22);2*1H/t11-,15+;;/m1../s1. The Morgan fingerprint density at radius 1 is 1.37 bits per heavy atom. The van der Waals surface area contributed by atoms with Crippen LogP contribution in [0.1, 0.15) is 6.92 Å². The van der Waals surface area contributed by atoms with E-state index in [-0.39, 0.29) is 36.8 Å². The Morgan fingerprint density at radius 3 is 2.78 bits per heavy atom. The van der Waals surface area contributed by atoms with Gasteiger partial charge in [-0.25, -0.2) is 4.79 Å². The number of morpholine rings is 1. The smallest absolute Gasteiger partial charge is 0.408 e. The summed E-state index contributed by atoms with van der Waals surface area (Å²) in [6, 6.07) is 4.80. The van der Waals surface area contributed by atoms with Gasteiger partial charge in [-0.1, -0.05) is 0 Å². The summed E-state index contributed by atoms with van der Waals surface area (Å²) >= 11 is 0. The van der Waals surface area contributed by atoms with Crippen LogP contribution in [0.3, 0.4) is 0 Å². The number of ether oxygens (including phenoxy) is 1. The Kier molecular flexibility index (Phi) is 8.77. The fourth-order valence-corrected chi connectivity index (χ4v) is 2.90. The van der Waals surface area contributed by atoms with Gasteiger partial charge < -0.3 is 24.7 Å². The zero-order valence-electron chi connectivity index (χ0n) is 15.6. The topological polar surface area (TPSA) is 88.7 Å². The second-order valence-electron chi connectivity index (χ2n) is 6.50. The Hall–Kier alpha value is -1.58. The molecular formula is C17H26Cl2N4O4. The molecule has 1 fully saturated rings. The lowest BCUT2D eigenvalue weighted by molar-refractivity contribution is -0.123. The van der Waals surface area contributed by atoms with Crippen molar-refractivity contribution in [2.45, 2.75) is 25.6 Å². The number of nitrogens with zero attached hydrogens (tertiary/aromatic N) is 2. The van der Waals surface area contributed by atoms with Crippen LogP contribution in [0.15, 0.2) is 27.4 Å². The van der Waals surface area contributed by atoms with Crippen LogP contribution in [0, 0.1) is 0 Å². The fraction of sp³-hybridized carbons (Fsp3) is 0.529. The van der Waals surface area contributed by atoms with Crippen molar-refractivity contribution in [1.82, 2.24) is 14.8 Å². The van der Waals surface area contributed by atoms with Crippen molar-refractivity contribution < 1.29 is 13.9 Å². The van der Waals surface area contributed by atoms with Crippen molar-refractivity contribution in [3.05, 3.63) is 28.7 Å². The van der Waals surface area contributed by atoms with Gasteiger partial charge in [-0.15, -0.1) is 24.8 Å². The molecule has 1 aromatic carbocycles. The Bertz CT molecular complexity index is 821. The number of anilines is 1. The molecule has 0 unspecified atom stereocenters. The van der Waals surface area contributed by atoms with Crippen molar-refractivity contribution in [1.29, 1.82) is 0 Å². The minimum atomic E-state index is -0.398. The monoisotopic (exact) mass is 420 g/mol. The van der Waals surface area contributed by atoms with Crippen LogP contribution in [0.2, 0.25) is 0 Å². The third kappa shape index (κ3) is 5.46. The molecule has 10 heteroatoms. The Morgan fingerprint density at radius 2 is 2.11 bits per heavy atom. The molecule has 0 spiro atoms. The van der Waals surface area contributed by atoms with Crippen LogP contribution in [0.4, 0.5) is 5.69 Å². The first-order valence-electron chi connectivity index (χ1n) is 8.39. The van der Waals surface area contributed by atoms with Crippen molar-refractivity contribution >= 4 is 47.5 Å². The molecule has 27 heavy (non-hydrogen) atoms. The average molecular weight is 421 g/mol. The molecule has 0 aliphatic carbocycles.